The van der Waals surface area contributed by atoms with E-state index in [-0.39, 0.29) is 12.2 Å². The summed E-state index contributed by atoms with van der Waals surface area (Å²) in [7, 11) is 1.59. The summed E-state index contributed by atoms with van der Waals surface area (Å²) in [5.41, 5.74) is 0.664. The van der Waals surface area contributed by atoms with Crippen molar-refractivity contribution in [1.82, 2.24) is 5.32 Å². The molecule has 1 rings (SSSR count). The molecule has 0 aliphatic rings. The van der Waals surface area contributed by atoms with Crippen molar-refractivity contribution in [2.24, 2.45) is 0 Å². The Morgan fingerprint density at radius 2 is 2.16 bits per heavy atom. The number of rotatable bonds is 10. The smallest absolute Gasteiger partial charge is 0.261 e. The molecule has 0 heterocycles. The summed E-state index contributed by atoms with van der Waals surface area (Å²) >= 11 is 0. The lowest BCUT2D eigenvalue weighted by atomic mass is 10.1. The molecule has 0 saturated heterocycles. The molecule has 0 fully saturated rings. The van der Waals surface area contributed by atoms with Crippen molar-refractivity contribution in [3.63, 3.8) is 0 Å². The summed E-state index contributed by atoms with van der Waals surface area (Å²) in [4.78, 5) is 12.0. The molecule has 1 aromatic rings. The maximum atomic E-state index is 12.0. The third-order valence-corrected chi connectivity index (χ3v) is 3.07. The van der Waals surface area contributed by atoms with Crippen LogP contribution in [0.1, 0.15) is 18.9 Å². The number of hydrogen-bond acceptors (Lipinski definition) is 5. The van der Waals surface area contributed by atoms with Crippen molar-refractivity contribution >= 4 is 12.0 Å². The van der Waals surface area contributed by atoms with Gasteiger partial charge in [-0.1, -0.05) is 12.0 Å². The standard InChI is InChI=1S/C19H22N2O4/c1-4-10-25-17-8-7-15(13-18(17)24-5-2)12-16(14-20)19(22)21-9-6-11-23-3/h1,7-8,12-13H,5-6,9-11H2,2-3H3,(H,21,22)/b16-12+. The van der Waals surface area contributed by atoms with Crippen molar-refractivity contribution < 1.29 is 19.0 Å². The van der Waals surface area contributed by atoms with E-state index in [1.807, 2.05) is 13.0 Å². The van der Waals surface area contributed by atoms with Crippen molar-refractivity contribution in [2.75, 3.05) is 33.5 Å². The van der Waals surface area contributed by atoms with E-state index in [9.17, 15) is 10.1 Å². The fourth-order valence-electron chi connectivity index (χ4n) is 1.95. The van der Waals surface area contributed by atoms with Gasteiger partial charge in [-0.05, 0) is 37.1 Å². The zero-order valence-corrected chi connectivity index (χ0v) is 14.5. The Kier molecular flexibility index (Phi) is 9.28. The maximum Gasteiger partial charge on any atom is 0.261 e. The van der Waals surface area contributed by atoms with E-state index in [1.165, 1.54) is 6.08 Å². The van der Waals surface area contributed by atoms with Crippen molar-refractivity contribution in [1.29, 1.82) is 5.26 Å². The van der Waals surface area contributed by atoms with Crippen LogP contribution in [-0.4, -0.2) is 39.4 Å². The van der Waals surface area contributed by atoms with Crippen molar-refractivity contribution in [2.45, 2.75) is 13.3 Å². The molecule has 6 heteroatoms. The lowest BCUT2D eigenvalue weighted by Gasteiger charge is -2.11. The van der Waals surface area contributed by atoms with Gasteiger partial charge in [0.2, 0.25) is 0 Å². The fourth-order valence-corrected chi connectivity index (χ4v) is 1.95. The summed E-state index contributed by atoms with van der Waals surface area (Å²) in [6.07, 6.45) is 7.37. The number of benzene rings is 1. The number of nitrogens with one attached hydrogen (secondary N) is 1. The predicted octanol–water partition coefficient (Wildman–Crippen LogP) is 2.16. The summed E-state index contributed by atoms with van der Waals surface area (Å²) in [6, 6.07) is 7.03. The molecule has 0 unspecified atom stereocenters. The molecule has 0 aliphatic heterocycles. The molecule has 132 valence electrons. The average molecular weight is 342 g/mol. The first-order valence-electron chi connectivity index (χ1n) is 7.88. The molecule has 0 radical (unpaired) electrons. The van der Waals surface area contributed by atoms with Crippen LogP contribution >= 0.6 is 0 Å². The molecule has 0 aliphatic carbocycles. The molecule has 1 N–H and O–H groups in total. The first-order valence-corrected chi connectivity index (χ1v) is 7.88. The van der Waals surface area contributed by atoms with E-state index in [0.717, 1.165) is 0 Å². The number of carbonyl (C=O) groups excluding carboxylic acids is 1. The number of methoxy groups -OCH3 is 1. The van der Waals surface area contributed by atoms with E-state index >= 15 is 0 Å². The van der Waals surface area contributed by atoms with E-state index in [1.54, 1.807) is 25.3 Å². The highest BCUT2D eigenvalue weighted by Gasteiger charge is 2.10. The topological polar surface area (TPSA) is 80.6 Å². The van der Waals surface area contributed by atoms with E-state index in [4.69, 9.17) is 20.6 Å². The van der Waals surface area contributed by atoms with Crippen LogP contribution in [0.15, 0.2) is 23.8 Å². The van der Waals surface area contributed by atoms with Gasteiger partial charge in [-0.15, -0.1) is 6.42 Å². The number of hydrogen-bond donors (Lipinski definition) is 1. The predicted molar refractivity (Wildman–Crippen MR) is 95.0 cm³/mol. The van der Waals surface area contributed by atoms with Crippen molar-refractivity contribution in [3.05, 3.63) is 29.3 Å². The van der Waals surface area contributed by atoms with E-state index < -0.39 is 5.91 Å². The van der Waals surface area contributed by atoms with Gasteiger partial charge in [-0.3, -0.25) is 4.79 Å². The van der Waals surface area contributed by atoms with Crippen LogP contribution in [0.2, 0.25) is 0 Å². The van der Waals surface area contributed by atoms with Crippen LogP contribution < -0.4 is 14.8 Å². The molecule has 6 nitrogen and oxygen atoms in total. The van der Waals surface area contributed by atoms with Gasteiger partial charge >= 0.3 is 0 Å². The Bertz CT molecular complexity index is 684. The SMILES string of the molecule is C#CCOc1ccc(/C=C(\C#N)C(=O)NCCCOC)cc1OCC. The lowest BCUT2D eigenvalue weighted by Crippen LogP contribution is -2.26. The maximum absolute atomic E-state index is 12.0. The summed E-state index contributed by atoms with van der Waals surface area (Å²) in [6.45, 7) is 3.41. The van der Waals surface area contributed by atoms with E-state index in [2.05, 4.69) is 11.2 Å². The highest BCUT2D eigenvalue weighted by atomic mass is 16.5. The summed E-state index contributed by atoms with van der Waals surface area (Å²) < 4.78 is 15.8. The summed E-state index contributed by atoms with van der Waals surface area (Å²) in [5.74, 6) is 2.98. The molecule has 25 heavy (non-hydrogen) atoms. The molecule has 0 bridgehead atoms. The van der Waals surface area contributed by atoms with E-state index in [0.29, 0.717) is 43.2 Å². The third-order valence-electron chi connectivity index (χ3n) is 3.07. The highest BCUT2D eigenvalue weighted by molar-refractivity contribution is 6.01. The molecule has 0 aromatic heterocycles. The van der Waals surface area contributed by atoms with Crippen LogP contribution in [0, 0.1) is 23.7 Å². The van der Waals surface area contributed by atoms with Crippen LogP contribution in [0.4, 0.5) is 0 Å². The second-order valence-corrected chi connectivity index (χ2v) is 4.90. The molecule has 1 amide bonds. The van der Waals surface area contributed by atoms with Crippen LogP contribution in [0.3, 0.4) is 0 Å². The minimum absolute atomic E-state index is 0.0113. The Hall–Kier alpha value is -2.96. The largest absolute Gasteiger partial charge is 0.490 e. The zero-order chi connectivity index (χ0) is 18.5. The minimum Gasteiger partial charge on any atom is -0.490 e. The number of nitriles is 1. The molecule has 1 aromatic carbocycles. The van der Waals surface area contributed by atoms with Crippen LogP contribution in [-0.2, 0) is 9.53 Å². The van der Waals surface area contributed by atoms with Gasteiger partial charge in [-0.2, -0.15) is 5.26 Å². The molecule has 0 spiro atoms. The van der Waals surface area contributed by atoms with Gasteiger partial charge < -0.3 is 19.5 Å². The lowest BCUT2D eigenvalue weighted by molar-refractivity contribution is -0.117. The summed E-state index contributed by atoms with van der Waals surface area (Å²) in [5, 5.41) is 11.9. The average Bonchev–Trinajstić information content (AvgIpc) is 2.62. The fraction of sp³-hybridized carbons (Fsp3) is 0.368. The van der Waals surface area contributed by atoms with Gasteiger partial charge in [0.05, 0.1) is 6.61 Å². The first-order chi connectivity index (χ1) is 12.2. The Morgan fingerprint density at radius 1 is 1.36 bits per heavy atom. The zero-order valence-electron chi connectivity index (χ0n) is 14.5. The number of terminal acetylenes is 1. The quantitative estimate of drug-likeness (QED) is 0.305. The Balaban J connectivity index is 2.91. The normalized spacial score (nSPS) is 10.5. The van der Waals surface area contributed by atoms with Gasteiger partial charge in [0.1, 0.15) is 18.2 Å². The van der Waals surface area contributed by atoms with Gasteiger partial charge in [0, 0.05) is 20.3 Å². The number of ether oxygens (including phenoxy) is 3. The second-order valence-electron chi connectivity index (χ2n) is 4.90. The minimum atomic E-state index is -0.427. The van der Waals surface area contributed by atoms with Gasteiger partial charge in [0.15, 0.2) is 11.5 Å². The van der Waals surface area contributed by atoms with Crippen molar-refractivity contribution in [3.8, 4) is 29.9 Å². The number of carbonyl (C=O) groups is 1. The van der Waals surface area contributed by atoms with Crippen LogP contribution in [0.5, 0.6) is 11.5 Å². The van der Waals surface area contributed by atoms with Crippen LogP contribution in [0.25, 0.3) is 6.08 Å². The molecular formula is C19H22N2O4. The monoisotopic (exact) mass is 342 g/mol. The Morgan fingerprint density at radius 3 is 2.80 bits per heavy atom. The molecule has 0 atom stereocenters. The Labute approximate surface area is 148 Å². The molecule has 0 saturated carbocycles. The third kappa shape index (κ3) is 6.99. The van der Waals surface area contributed by atoms with Gasteiger partial charge in [-0.25, -0.2) is 0 Å². The number of nitrogens with zero attached hydrogens (tertiary/aromatic N) is 1. The highest BCUT2D eigenvalue weighted by Crippen LogP contribution is 2.29. The second kappa shape index (κ2) is 11.6. The first kappa shape index (κ1) is 20.1. The number of amides is 1. The molecular weight excluding hydrogens is 320 g/mol. The van der Waals surface area contributed by atoms with Gasteiger partial charge in [0.25, 0.3) is 5.91 Å².